The van der Waals surface area contributed by atoms with Crippen molar-refractivity contribution in [2.75, 3.05) is 0 Å². The molecular formula is C7H9Cl3. The number of hydrogen-bond acceptors (Lipinski definition) is 0. The topological polar surface area (TPSA) is 0 Å². The van der Waals surface area contributed by atoms with Gasteiger partial charge in [-0.05, 0) is 26.2 Å². The summed E-state index contributed by atoms with van der Waals surface area (Å²) in [6, 6.07) is 0. The third kappa shape index (κ3) is 1.61. The molecule has 1 aliphatic rings. The molecule has 0 aromatic rings. The third-order valence-electron chi connectivity index (χ3n) is 1.74. The first-order chi connectivity index (χ1) is 4.54. The molecule has 0 saturated carbocycles. The molecular weight excluding hydrogens is 190 g/mol. The third-order valence-corrected chi connectivity index (χ3v) is 3.33. The summed E-state index contributed by atoms with van der Waals surface area (Å²) in [5.41, 5.74) is 0. The lowest BCUT2D eigenvalue weighted by Crippen LogP contribution is -2.20. The van der Waals surface area contributed by atoms with Crippen molar-refractivity contribution in [1.82, 2.24) is 0 Å². The summed E-state index contributed by atoms with van der Waals surface area (Å²) in [6.45, 7) is 1.90. The zero-order chi connectivity index (χ0) is 7.78. The maximum Gasteiger partial charge on any atom is 0.0784 e. The van der Waals surface area contributed by atoms with E-state index in [2.05, 4.69) is 0 Å². The molecule has 1 rings (SSSR count). The monoisotopic (exact) mass is 198 g/mol. The molecule has 1 aliphatic carbocycles. The van der Waals surface area contributed by atoms with Gasteiger partial charge in [0.2, 0.25) is 0 Å². The predicted octanol–water partition coefficient (Wildman–Crippen LogP) is 3.86. The minimum Gasteiger partial charge on any atom is -0.113 e. The van der Waals surface area contributed by atoms with Gasteiger partial charge in [0, 0.05) is 5.03 Å². The van der Waals surface area contributed by atoms with Crippen molar-refractivity contribution in [3.05, 3.63) is 10.1 Å². The molecule has 0 aliphatic heterocycles. The fourth-order valence-corrected chi connectivity index (χ4v) is 1.91. The summed E-state index contributed by atoms with van der Waals surface area (Å²) in [6.07, 6.45) is 2.83. The first kappa shape index (κ1) is 8.70. The number of rotatable bonds is 0. The Morgan fingerprint density at radius 1 is 1.40 bits per heavy atom. The molecule has 0 bridgehead atoms. The van der Waals surface area contributed by atoms with Gasteiger partial charge in [-0.25, -0.2) is 0 Å². The van der Waals surface area contributed by atoms with Crippen LogP contribution in [0.5, 0.6) is 0 Å². The Balaban J connectivity index is 2.89. The summed E-state index contributed by atoms with van der Waals surface area (Å²) in [7, 11) is 0. The Kier molecular flexibility index (Phi) is 2.54. The Morgan fingerprint density at radius 3 is 2.40 bits per heavy atom. The number of hydrogen-bond donors (Lipinski definition) is 0. The SMILES string of the molecule is CC1(Cl)CCCC(Cl)=C1Cl. The van der Waals surface area contributed by atoms with E-state index in [4.69, 9.17) is 34.8 Å². The Labute approximate surface area is 76.1 Å². The molecule has 0 N–H and O–H groups in total. The van der Waals surface area contributed by atoms with Crippen LogP contribution in [0.2, 0.25) is 0 Å². The summed E-state index contributed by atoms with van der Waals surface area (Å²) in [4.78, 5) is -0.406. The van der Waals surface area contributed by atoms with Crippen molar-refractivity contribution in [3.8, 4) is 0 Å². The fraction of sp³-hybridized carbons (Fsp3) is 0.714. The highest BCUT2D eigenvalue weighted by molar-refractivity contribution is 6.44. The van der Waals surface area contributed by atoms with Crippen LogP contribution in [0.25, 0.3) is 0 Å². The van der Waals surface area contributed by atoms with Gasteiger partial charge in [-0.3, -0.25) is 0 Å². The average Bonchev–Trinajstić information content (AvgIpc) is 1.83. The van der Waals surface area contributed by atoms with Crippen LogP contribution < -0.4 is 0 Å². The van der Waals surface area contributed by atoms with Crippen LogP contribution in [0.15, 0.2) is 10.1 Å². The fourth-order valence-electron chi connectivity index (χ4n) is 1.08. The summed E-state index contributed by atoms with van der Waals surface area (Å²) < 4.78 is 0. The predicted molar refractivity (Wildman–Crippen MR) is 46.8 cm³/mol. The first-order valence-corrected chi connectivity index (χ1v) is 4.41. The first-order valence-electron chi connectivity index (χ1n) is 3.27. The maximum absolute atomic E-state index is 6.04. The molecule has 0 aromatic heterocycles. The molecule has 0 aromatic carbocycles. The lowest BCUT2D eigenvalue weighted by Gasteiger charge is -2.26. The molecule has 0 nitrogen and oxygen atoms in total. The van der Waals surface area contributed by atoms with Crippen molar-refractivity contribution in [1.29, 1.82) is 0 Å². The molecule has 0 fully saturated rings. The van der Waals surface area contributed by atoms with Crippen molar-refractivity contribution in [2.24, 2.45) is 0 Å². The van der Waals surface area contributed by atoms with Gasteiger partial charge in [-0.15, -0.1) is 11.6 Å². The molecule has 1 atom stereocenters. The van der Waals surface area contributed by atoms with E-state index in [0.29, 0.717) is 5.03 Å². The maximum atomic E-state index is 6.04. The Hall–Kier alpha value is 0.610. The standard InChI is InChI=1S/C7H9Cl3/c1-7(10)4-2-3-5(8)6(7)9/h2-4H2,1H3. The summed E-state index contributed by atoms with van der Waals surface area (Å²) in [5.74, 6) is 0. The largest absolute Gasteiger partial charge is 0.113 e. The molecule has 0 amide bonds. The highest BCUT2D eigenvalue weighted by Gasteiger charge is 2.30. The van der Waals surface area contributed by atoms with E-state index in [-0.39, 0.29) is 0 Å². The van der Waals surface area contributed by atoms with Crippen LogP contribution in [-0.4, -0.2) is 4.87 Å². The lowest BCUT2D eigenvalue weighted by molar-refractivity contribution is 0.600. The van der Waals surface area contributed by atoms with Crippen molar-refractivity contribution < 1.29 is 0 Å². The van der Waals surface area contributed by atoms with E-state index in [1.54, 1.807) is 0 Å². The van der Waals surface area contributed by atoms with E-state index in [1.807, 2.05) is 6.92 Å². The zero-order valence-electron chi connectivity index (χ0n) is 5.76. The quantitative estimate of drug-likeness (QED) is 0.520. The van der Waals surface area contributed by atoms with Gasteiger partial charge < -0.3 is 0 Å². The average molecular weight is 200 g/mol. The van der Waals surface area contributed by atoms with Crippen LogP contribution in [0.1, 0.15) is 26.2 Å². The van der Waals surface area contributed by atoms with E-state index in [1.165, 1.54) is 0 Å². The molecule has 0 saturated heterocycles. The number of allylic oxidation sites excluding steroid dienone is 2. The molecule has 0 radical (unpaired) electrons. The van der Waals surface area contributed by atoms with E-state index >= 15 is 0 Å². The van der Waals surface area contributed by atoms with Crippen molar-refractivity contribution in [2.45, 2.75) is 31.1 Å². The van der Waals surface area contributed by atoms with Crippen LogP contribution in [0.3, 0.4) is 0 Å². The van der Waals surface area contributed by atoms with Crippen LogP contribution >= 0.6 is 34.8 Å². The summed E-state index contributed by atoms with van der Waals surface area (Å²) >= 11 is 17.7. The van der Waals surface area contributed by atoms with Gasteiger partial charge in [0.15, 0.2) is 0 Å². The van der Waals surface area contributed by atoms with Gasteiger partial charge in [0.05, 0.1) is 9.91 Å². The molecule has 0 heterocycles. The van der Waals surface area contributed by atoms with Crippen LogP contribution in [0.4, 0.5) is 0 Å². The smallest absolute Gasteiger partial charge is 0.0784 e. The highest BCUT2D eigenvalue weighted by Crippen LogP contribution is 2.41. The molecule has 0 spiro atoms. The van der Waals surface area contributed by atoms with Gasteiger partial charge in [0.25, 0.3) is 0 Å². The van der Waals surface area contributed by atoms with Crippen molar-refractivity contribution >= 4 is 34.8 Å². The molecule has 1 unspecified atom stereocenters. The second-order valence-corrected chi connectivity index (χ2v) is 4.44. The second kappa shape index (κ2) is 2.92. The second-order valence-electron chi connectivity index (χ2n) is 2.77. The minimum absolute atomic E-state index is 0.406. The van der Waals surface area contributed by atoms with E-state index in [9.17, 15) is 0 Å². The van der Waals surface area contributed by atoms with Crippen LogP contribution in [0, 0.1) is 0 Å². The Morgan fingerprint density at radius 2 is 2.00 bits per heavy atom. The Bertz CT molecular complexity index is 170. The highest BCUT2D eigenvalue weighted by atomic mass is 35.5. The van der Waals surface area contributed by atoms with Gasteiger partial charge >= 0.3 is 0 Å². The molecule has 58 valence electrons. The minimum atomic E-state index is -0.406. The number of halogens is 3. The normalized spacial score (nSPS) is 34.8. The lowest BCUT2D eigenvalue weighted by atomic mass is 9.96. The van der Waals surface area contributed by atoms with E-state index in [0.717, 1.165) is 24.3 Å². The van der Waals surface area contributed by atoms with Gasteiger partial charge in [0.1, 0.15) is 0 Å². The zero-order valence-corrected chi connectivity index (χ0v) is 8.02. The van der Waals surface area contributed by atoms with Crippen molar-refractivity contribution in [3.63, 3.8) is 0 Å². The molecule has 10 heavy (non-hydrogen) atoms. The van der Waals surface area contributed by atoms with E-state index < -0.39 is 4.87 Å². The van der Waals surface area contributed by atoms with Gasteiger partial charge in [-0.1, -0.05) is 23.2 Å². The molecule has 3 heteroatoms. The summed E-state index contributed by atoms with van der Waals surface area (Å²) in [5, 5.41) is 1.35. The van der Waals surface area contributed by atoms with Crippen LogP contribution in [-0.2, 0) is 0 Å². The number of alkyl halides is 1. The van der Waals surface area contributed by atoms with Gasteiger partial charge in [-0.2, -0.15) is 0 Å².